The van der Waals surface area contributed by atoms with Crippen molar-refractivity contribution in [2.75, 3.05) is 7.05 Å². The van der Waals surface area contributed by atoms with Crippen LogP contribution in [-0.4, -0.2) is 13.1 Å². The summed E-state index contributed by atoms with van der Waals surface area (Å²) in [5.74, 6) is 0.817. The molecule has 0 aliphatic carbocycles. The summed E-state index contributed by atoms with van der Waals surface area (Å²) in [5.41, 5.74) is 0. The highest BCUT2D eigenvalue weighted by Crippen LogP contribution is 2.02. The third-order valence-electron chi connectivity index (χ3n) is 1.32. The lowest BCUT2D eigenvalue weighted by atomic mass is 10.1. The minimum absolute atomic E-state index is 0.676. The normalized spacial score (nSPS) is 12.3. The summed E-state index contributed by atoms with van der Waals surface area (Å²) in [6.45, 7) is 10.7. The molecule has 0 bridgehead atoms. The van der Waals surface area contributed by atoms with Gasteiger partial charge in [0, 0.05) is 6.04 Å². The zero-order chi connectivity index (χ0) is 8.57. The standard InChI is InChI=1S/C7H17N.C2H6/c1-6(2)5-7(3)8-4;1-2/h6-8H,5H2,1-4H3;1-2H3/t7-;/m1./s1. The first-order chi connectivity index (χ1) is 4.66. The molecule has 0 aromatic heterocycles. The van der Waals surface area contributed by atoms with Crippen LogP contribution in [0.15, 0.2) is 0 Å². The van der Waals surface area contributed by atoms with Crippen molar-refractivity contribution in [2.24, 2.45) is 5.92 Å². The molecule has 64 valence electrons. The highest BCUT2D eigenvalue weighted by atomic mass is 14.8. The average Bonchev–Trinajstić information content (AvgIpc) is 1.91. The summed E-state index contributed by atoms with van der Waals surface area (Å²) in [5, 5.41) is 3.20. The molecule has 1 atom stereocenters. The zero-order valence-electron chi connectivity index (χ0n) is 8.36. The van der Waals surface area contributed by atoms with Gasteiger partial charge in [0.15, 0.2) is 0 Å². The van der Waals surface area contributed by atoms with Crippen LogP contribution in [0.25, 0.3) is 0 Å². The van der Waals surface area contributed by atoms with E-state index in [4.69, 9.17) is 0 Å². The lowest BCUT2D eigenvalue weighted by molar-refractivity contribution is 0.469. The number of nitrogens with one attached hydrogen (secondary N) is 1. The topological polar surface area (TPSA) is 12.0 Å². The molecule has 1 N–H and O–H groups in total. The van der Waals surface area contributed by atoms with E-state index in [1.807, 2.05) is 20.9 Å². The van der Waals surface area contributed by atoms with Crippen LogP contribution in [0, 0.1) is 5.92 Å². The van der Waals surface area contributed by atoms with E-state index in [9.17, 15) is 0 Å². The number of hydrogen-bond acceptors (Lipinski definition) is 1. The van der Waals surface area contributed by atoms with Gasteiger partial charge < -0.3 is 5.32 Å². The van der Waals surface area contributed by atoms with Gasteiger partial charge in [-0.3, -0.25) is 0 Å². The van der Waals surface area contributed by atoms with Crippen LogP contribution in [-0.2, 0) is 0 Å². The fourth-order valence-electron chi connectivity index (χ4n) is 0.825. The molecule has 0 rings (SSSR count). The second-order valence-electron chi connectivity index (χ2n) is 2.82. The van der Waals surface area contributed by atoms with Crippen molar-refractivity contribution in [3.05, 3.63) is 0 Å². The highest BCUT2D eigenvalue weighted by Gasteiger charge is 1.99. The Kier molecular flexibility index (Phi) is 11.3. The lowest BCUT2D eigenvalue weighted by Crippen LogP contribution is -2.22. The van der Waals surface area contributed by atoms with Gasteiger partial charge in [0.1, 0.15) is 0 Å². The van der Waals surface area contributed by atoms with Crippen molar-refractivity contribution in [3.8, 4) is 0 Å². The first kappa shape index (κ1) is 12.6. The number of rotatable bonds is 3. The summed E-state index contributed by atoms with van der Waals surface area (Å²) in [6.07, 6.45) is 1.27. The monoisotopic (exact) mass is 145 g/mol. The molecule has 0 aliphatic rings. The molecule has 0 radical (unpaired) electrons. The van der Waals surface area contributed by atoms with Crippen LogP contribution < -0.4 is 5.32 Å². The Hall–Kier alpha value is -0.0400. The SMILES string of the molecule is CC.CN[C@H](C)CC(C)C. The van der Waals surface area contributed by atoms with E-state index < -0.39 is 0 Å². The summed E-state index contributed by atoms with van der Waals surface area (Å²) < 4.78 is 0. The Bertz CT molecular complexity index is 50.7. The summed E-state index contributed by atoms with van der Waals surface area (Å²) in [4.78, 5) is 0. The molecule has 1 nitrogen and oxygen atoms in total. The molecule has 0 aliphatic heterocycles. The Balaban J connectivity index is 0. The smallest absolute Gasteiger partial charge is 0.00381 e. The maximum absolute atomic E-state index is 3.20. The van der Waals surface area contributed by atoms with E-state index in [-0.39, 0.29) is 0 Å². The van der Waals surface area contributed by atoms with Crippen molar-refractivity contribution < 1.29 is 0 Å². The minimum Gasteiger partial charge on any atom is -0.317 e. The van der Waals surface area contributed by atoms with Crippen LogP contribution in [0.5, 0.6) is 0 Å². The van der Waals surface area contributed by atoms with Gasteiger partial charge in [0.05, 0.1) is 0 Å². The quantitative estimate of drug-likeness (QED) is 0.644. The predicted octanol–water partition coefficient (Wildman–Crippen LogP) is 2.67. The first-order valence-corrected chi connectivity index (χ1v) is 4.34. The van der Waals surface area contributed by atoms with E-state index in [1.165, 1.54) is 6.42 Å². The van der Waals surface area contributed by atoms with Gasteiger partial charge >= 0.3 is 0 Å². The minimum atomic E-state index is 0.676. The summed E-state index contributed by atoms with van der Waals surface area (Å²) in [7, 11) is 2.01. The fourth-order valence-corrected chi connectivity index (χ4v) is 0.825. The van der Waals surface area contributed by atoms with Crippen molar-refractivity contribution in [3.63, 3.8) is 0 Å². The van der Waals surface area contributed by atoms with Crippen LogP contribution in [0.4, 0.5) is 0 Å². The van der Waals surface area contributed by atoms with Gasteiger partial charge in [0.2, 0.25) is 0 Å². The van der Waals surface area contributed by atoms with Crippen molar-refractivity contribution >= 4 is 0 Å². The highest BCUT2D eigenvalue weighted by molar-refractivity contribution is 4.58. The van der Waals surface area contributed by atoms with Gasteiger partial charge in [-0.2, -0.15) is 0 Å². The molecule has 0 fully saturated rings. The molecule has 10 heavy (non-hydrogen) atoms. The zero-order valence-corrected chi connectivity index (χ0v) is 8.36. The van der Waals surface area contributed by atoms with Crippen LogP contribution in [0.3, 0.4) is 0 Å². The lowest BCUT2D eigenvalue weighted by Gasteiger charge is -2.11. The largest absolute Gasteiger partial charge is 0.317 e. The van der Waals surface area contributed by atoms with Crippen molar-refractivity contribution in [1.82, 2.24) is 5.32 Å². The first-order valence-electron chi connectivity index (χ1n) is 4.34. The third-order valence-corrected chi connectivity index (χ3v) is 1.32. The fraction of sp³-hybridized carbons (Fsp3) is 1.00. The molecule has 1 heteroatoms. The molecular formula is C9H23N. The molecule has 0 amide bonds. The molecule has 0 aromatic carbocycles. The van der Waals surface area contributed by atoms with Crippen LogP contribution in [0.1, 0.15) is 41.0 Å². The molecular weight excluding hydrogens is 122 g/mol. The van der Waals surface area contributed by atoms with E-state index in [1.54, 1.807) is 0 Å². The molecule has 0 saturated carbocycles. The van der Waals surface area contributed by atoms with Crippen molar-refractivity contribution in [1.29, 1.82) is 0 Å². The molecule has 0 spiro atoms. The summed E-state index contributed by atoms with van der Waals surface area (Å²) in [6, 6.07) is 0.676. The average molecular weight is 145 g/mol. The maximum atomic E-state index is 3.20. The van der Waals surface area contributed by atoms with Gasteiger partial charge in [-0.15, -0.1) is 0 Å². The molecule has 0 unspecified atom stereocenters. The Morgan fingerprint density at radius 2 is 1.50 bits per heavy atom. The van der Waals surface area contributed by atoms with Crippen molar-refractivity contribution in [2.45, 2.75) is 47.1 Å². The van der Waals surface area contributed by atoms with E-state index >= 15 is 0 Å². The second-order valence-corrected chi connectivity index (χ2v) is 2.82. The van der Waals surface area contributed by atoms with E-state index in [2.05, 4.69) is 26.1 Å². The molecule has 0 aromatic rings. The van der Waals surface area contributed by atoms with Gasteiger partial charge in [-0.25, -0.2) is 0 Å². The predicted molar refractivity (Wildman–Crippen MR) is 49.3 cm³/mol. The Labute approximate surface area is 66.2 Å². The maximum Gasteiger partial charge on any atom is 0.00381 e. The number of hydrogen-bond donors (Lipinski definition) is 1. The Morgan fingerprint density at radius 1 is 1.10 bits per heavy atom. The Morgan fingerprint density at radius 3 is 1.60 bits per heavy atom. The second kappa shape index (κ2) is 8.96. The van der Waals surface area contributed by atoms with Gasteiger partial charge in [-0.1, -0.05) is 27.7 Å². The summed E-state index contributed by atoms with van der Waals surface area (Å²) >= 11 is 0. The van der Waals surface area contributed by atoms with Gasteiger partial charge in [-0.05, 0) is 26.3 Å². The third kappa shape index (κ3) is 10.9. The van der Waals surface area contributed by atoms with Gasteiger partial charge in [0.25, 0.3) is 0 Å². The van der Waals surface area contributed by atoms with E-state index in [0.29, 0.717) is 6.04 Å². The molecule has 0 saturated heterocycles. The molecule has 0 heterocycles. The van der Waals surface area contributed by atoms with Crippen LogP contribution in [0.2, 0.25) is 0 Å². The van der Waals surface area contributed by atoms with E-state index in [0.717, 1.165) is 5.92 Å². The van der Waals surface area contributed by atoms with Crippen LogP contribution >= 0.6 is 0 Å².